The van der Waals surface area contributed by atoms with Gasteiger partial charge in [-0.25, -0.2) is 9.97 Å². The Bertz CT molecular complexity index is 545. The van der Waals surface area contributed by atoms with Crippen molar-refractivity contribution in [3.8, 4) is 0 Å². The molecule has 0 atom stereocenters. The van der Waals surface area contributed by atoms with Crippen molar-refractivity contribution in [2.75, 3.05) is 39.0 Å². The first-order valence-electron chi connectivity index (χ1n) is 6.77. The third kappa shape index (κ3) is 4.57. The van der Waals surface area contributed by atoms with E-state index in [1.54, 1.807) is 4.90 Å². The number of piperazine rings is 1. The standard InChI is InChI=1S/C13H17F3N4OS/c1-9-7-10(13(14,15)16)18-12(17-9)22-8-11(21)20-5-3-19(2)4-6-20/h7H,3-6,8H2,1-2H3. The zero-order valence-corrected chi connectivity index (χ0v) is 13.2. The molecular weight excluding hydrogens is 317 g/mol. The molecule has 0 spiro atoms. The van der Waals surface area contributed by atoms with Gasteiger partial charge in [0.2, 0.25) is 5.91 Å². The number of likely N-dealkylation sites (N-methyl/N-ethyl adjacent to an activating group) is 1. The smallest absolute Gasteiger partial charge is 0.339 e. The lowest BCUT2D eigenvalue weighted by Crippen LogP contribution is -2.47. The van der Waals surface area contributed by atoms with Crippen molar-refractivity contribution in [2.24, 2.45) is 0 Å². The summed E-state index contributed by atoms with van der Waals surface area (Å²) >= 11 is 0.940. The summed E-state index contributed by atoms with van der Waals surface area (Å²) in [4.78, 5) is 23.3. The van der Waals surface area contributed by atoms with Crippen LogP contribution in [0.5, 0.6) is 0 Å². The van der Waals surface area contributed by atoms with Crippen LogP contribution in [0, 0.1) is 6.92 Å². The Balaban J connectivity index is 1.96. The lowest BCUT2D eigenvalue weighted by molar-refractivity contribution is -0.141. The Kier molecular flexibility index (Phi) is 5.28. The number of carbonyl (C=O) groups is 1. The van der Waals surface area contributed by atoms with Crippen LogP contribution in [0.2, 0.25) is 0 Å². The number of aromatic nitrogens is 2. The molecule has 0 radical (unpaired) electrons. The second-order valence-electron chi connectivity index (χ2n) is 5.15. The molecule has 0 unspecified atom stereocenters. The highest BCUT2D eigenvalue weighted by Crippen LogP contribution is 2.29. The zero-order valence-electron chi connectivity index (χ0n) is 12.4. The van der Waals surface area contributed by atoms with Gasteiger partial charge in [-0.1, -0.05) is 11.8 Å². The number of rotatable bonds is 3. The summed E-state index contributed by atoms with van der Waals surface area (Å²) in [6.07, 6.45) is -4.51. The summed E-state index contributed by atoms with van der Waals surface area (Å²) < 4.78 is 38.1. The van der Waals surface area contributed by atoms with Crippen LogP contribution >= 0.6 is 11.8 Å². The fourth-order valence-electron chi connectivity index (χ4n) is 2.02. The fraction of sp³-hybridized carbons (Fsp3) is 0.615. The summed E-state index contributed by atoms with van der Waals surface area (Å²) in [5.74, 6) is -0.0541. The normalized spacial score (nSPS) is 16.9. The van der Waals surface area contributed by atoms with Crippen LogP contribution in [0.25, 0.3) is 0 Å². The van der Waals surface area contributed by atoms with Gasteiger partial charge < -0.3 is 9.80 Å². The van der Waals surface area contributed by atoms with E-state index in [1.807, 2.05) is 7.05 Å². The Morgan fingerprint density at radius 2 is 1.91 bits per heavy atom. The first kappa shape index (κ1) is 17.0. The van der Waals surface area contributed by atoms with Crippen molar-refractivity contribution < 1.29 is 18.0 Å². The molecule has 1 aromatic heterocycles. The van der Waals surface area contributed by atoms with E-state index in [0.29, 0.717) is 13.1 Å². The second-order valence-corrected chi connectivity index (χ2v) is 6.09. The average Bonchev–Trinajstić information content (AvgIpc) is 2.44. The van der Waals surface area contributed by atoms with Crippen molar-refractivity contribution in [1.82, 2.24) is 19.8 Å². The van der Waals surface area contributed by atoms with Gasteiger partial charge in [-0.15, -0.1) is 0 Å². The summed E-state index contributed by atoms with van der Waals surface area (Å²) in [6.45, 7) is 4.35. The maximum Gasteiger partial charge on any atom is 0.433 e. The van der Waals surface area contributed by atoms with Gasteiger partial charge in [0, 0.05) is 31.9 Å². The number of hydrogen-bond acceptors (Lipinski definition) is 5. The van der Waals surface area contributed by atoms with Crippen LogP contribution in [0.3, 0.4) is 0 Å². The minimum Gasteiger partial charge on any atom is -0.339 e. The summed E-state index contributed by atoms with van der Waals surface area (Å²) in [6, 6.07) is 0.895. The summed E-state index contributed by atoms with van der Waals surface area (Å²) in [5, 5.41) is -0.0187. The molecule has 1 saturated heterocycles. The maximum absolute atomic E-state index is 12.7. The molecule has 22 heavy (non-hydrogen) atoms. The Labute approximate surface area is 130 Å². The molecule has 1 fully saturated rings. The summed E-state index contributed by atoms with van der Waals surface area (Å²) in [7, 11) is 1.98. The number of halogens is 3. The van der Waals surface area contributed by atoms with Gasteiger partial charge in [0.1, 0.15) is 5.69 Å². The number of hydrogen-bond donors (Lipinski definition) is 0. The predicted octanol–water partition coefficient (Wildman–Crippen LogP) is 1.67. The van der Waals surface area contributed by atoms with E-state index in [4.69, 9.17) is 0 Å². The minimum absolute atomic E-state index is 0.0187. The van der Waals surface area contributed by atoms with E-state index in [-0.39, 0.29) is 22.5 Å². The van der Waals surface area contributed by atoms with Crippen molar-refractivity contribution in [3.05, 3.63) is 17.5 Å². The van der Waals surface area contributed by atoms with Gasteiger partial charge in [0.05, 0.1) is 5.75 Å². The Hall–Kier alpha value is -1.35. The Morgan fingerprint density at radius 3 is 2.50 bits per heavy atom. The largest absolute Gasteiger partial charge is 0.433 e. The van der Waals surface area contributed by atoms with Gasteiger partial charge in [0.25, 0.3) is 0 Å². The number of nitrogens with zero attached hydrogens (tertiary/aromatic N) is 4. The molecule has 0 aromatic carbocycles. The van der Waals surface area contributed by atoms with Crippen LogP contribution in [-0.4, -0.2) is 64.7 Å². The van der Waals surface area contributed by atoms with Crippen LogP contribution in [0.4, 0.5) is 13.2 Å². The van der Waals surface area contributed by atoms with E-state index in [2.05, 4.69) is 14.9 Å². The quantitative estimate of drug-likeness (QED) is 0.622. The highest BCUT2D eigenvalue weighted by Gasteiger charge is 2.33. The average molecular weight is 334 g/mol. The van der Waals surface area contributed by atoms with Crippen molar-refractivity contribution in [3.63, 3.8) is 0 Å². The van der Waals surface area contributed by atoms with Gasteiger partial charge in [0.15, 0.2) is 5.16 Å². The van der Waals surface area contributed by atoms with Gasteiger partial charge in [-0.3, -0.25) is 4.79 Å². The van der Waals surface area contributed by atoms with Crippen LogP contribution in [-0.2, 0) is 11.0 Å². The number of carbonyl (C=O) groups excluding carboxylic acids is 1. The molecular formula is C13H17F3N4OS. The molecule has 2 rings (SSSR count). The molecule has 0 aliphatic carbocycles. The predicted molar refractivity (Wildman–Crippen MR) is 76.6 cm³/mol. The molecule has 1 aliphatic rings. The third-order valence-electron chi connectivity index (χ3n) is 3.30. The van der Waals surface area contributed by atoms with Crippen molar-refractivity contribution >= 4 is 17.7 Å². The topological polar surface area (TPSA) is 49.3 Å². The van der Waals surface area contributed by atoms with E-state index >= 15 is 0 Å². The molecule has 0 N–H and O–H groups in total. The van der Waals surface area contributed by atoms with Crippen LogP contribution in [0.1, 0.15) is 11.4 Å². The van der Waals surface area contributed by atoms with Crippen LogP contribution in [0.15, 0.2) is 11.2 Å². The molecule has 2 heterocycles. The van der Waals surface area contributed by atoms with Gasteiger partial charge in [-0.05, 0) is 20.0 Å². The van der Waals surface area contributed by atoms with Gasteiger partial charge >= 0.3 is 6.18 Å². The highest BCUT2D eigenvalue weighted by molar-refractivity contribution is 7.99. The number of thioether (sulfide) groups is 1. The van der Waals surface area contributed by atoms with Crippen LogP contribution < -0.4 is 0 Å². The molecule has 122 valence electrons. The highest BCUT2D eigenvalue weighted by atomic mass is 32.2. The lowest BCUT2D eigenvalue weighted by Gasteiger charge is -2.32. The van der Waals surface area contributed by atoms with E-state index in [9.17, 15) is 18.0 Å². The van der Waals surface area contributed by atoms with Gasteiger partial charge in [-0.2, -0.15) is 13.2 Å². The lowest BCUT2D eigenvalue weighted by atomic mass is 10.3. The molecule has 0 bridgehead atoms. The zero-order chi connectivity index (χ0) is 16.3. The monoisotopic (exact) mass is 334 g/mol. The molecule has 9 heteroatoms. The molecule has 1 aliphatic heterocycles. The van der Waals surface area contributed by atoms with E-state index < -0.39 is 11.9 Å². The first-order chi connectivity index (χ1) is 10.3. The molecule has 1 amide bonds. The fourth-order valence-corrected chi connectivity index (χ4v) is 2.83. The maximum atomic E-state index is 12.7. The van der Waals surface area contributed by atoms with Crippen molar-refractivity contribution in [2.45, 2.75) is 18.3 Å². The molecule has 1 aromatic rings. The summed E-state index contributed by atoms with van der Waals surface area (Å²) in [5.41, 5.74) is -0.744. The minimum atomic E-state index is -4.51. The number of aryl methyl sites for hydroxylation is 1. The first-order valence-corrected chi connectivity index (χ1v) is 7.76. The molecule has 5 nitrogen and oxygen atoms in total. The Morgan fingerprint density at radius 1 is 1.27 bits per heavy atom. The molecule has 0 saturated carbocycles. The third-order valence-corrected chi connectivity index (χ3v) is 4.14. The second kappa shape index (κ2) is 6.82. The number of amides is 1. The SMILES string of the molecule is Cc1cc(C(F)(F)F)nc(SCC(=O)N2CCN(C)CC2)n1. The van der Waals surface area contributed by atoms with E-state index in [1.165, 1.54) is 6.92 Å². The van der Waals surface area contributed by atoms with E-state index in [0.717, 1.165) is 30.9 Å². The number of alkyl halides is 3. The van der Waals surface area contributed by atoms with Crippen molar-refractivity contribution in [1.29, 1.82) is 0 Å².